The molecule has 0 aliphatic rings. The lowest BCUT2D eigenvalue weighted by molar-refractivity contribution is 0.112. The molecule has 4 nitrogen and oxygen atoms in total. The van der Waals surface area contributed by atoms with E-state index in [0.29, 0.717) is 17.5 Å². The molecule has 0 unspecified atom stereocenters. The van der Waals surface area contributed by atoms with Crippen LogP contribution in [0.5, 0.6) is 0 Å². The van der Waals surface area contributed by atoms with Crippen molar-refractivity contribution in [2.24, 2.45) is 0 Å². The van der Waals surface area contributed by atoms with Gasteiger partial charge >= 0.3 is 0 Å². The van der Waals surface area contributed by atoms with Crippen molar-refractivity contribution in [1.29, 1.82) is 0 Å². The zero-order chi connectivity index (χ0) is 13.1. The fourth-order valence-electron chi connectivity index (χ4n) is 1.63. The standard InChI is InChI=1S/C13H12ClN3O/c1-17(2)10-5-3-9(4-6-10)12-11(7-18)13(14)16-8-15-12/h3-8H,1-2H3. The van der Waals surface area contributed by atoms with Gasteiger partial charge in [0.1, 0.15) is 11.5 Å². The summed E-state index contributed by atoms with van der Waals surface area (Å²) in [7, 11) is 3.93. The minimum Gasteiger partial charge on any atom is -0.378 e. The summed E-state index contributed by atoms with van der Waals surface area (Å²) in [5, 5.41) is 0.173. The van der Waals surface area contributed by atoms with Gasteiger partial charge in [-0.05, 0) is 12.1 Å². The first-order valence-corrected chi connectivity index (χ1v) is 5.74. The Morgan fingerprint density at radius 3 is 2.39 bits per heavy atom. The molecule has 92 valence electrons. The van der Waals surface area contributed by atoms with Crippen LogP contribution in [-0.4, -0.2) is 30.3 Å². The Kier molecular flexibility index (Phi) is 3.58. The van der Waals surface area contributed by atoms with E-state index in [1.54, 1.807) is 0 Å². The molecule has 0 radical (unpaired) electrons. The summed E-state index contributed by atoms with van der Waals surface area (Å²) in [4.78, 5) is 20.9. The average Bonchev–Trinajstić information content (AvgIpc) is 2.38. The number of hydrogen-bond donors (Lipinski definition) is 0. The van der Waals surface area contributed by atoms with Gasteiger partial charge in [-0.3, -0.25) is 4.79 Å². The molecular weight excluding hydrogens is 250 g/mol. The Hall–Kier alpha value is -1.94. The molecule has 0 atom stereocenters. The Morgan fingerprint density at radius 1 is 1.17 bits per heavy atom. The normalized spacial score (nSPS) is 10.2. The Labute approximate surface area is 110 Å². The minimum atomic E-state index is 0.173. The molecule has 0 saturated heterocycles. The number of nitrogens with zero attached hydrogens (tertiary/aromatic N) is 3. The van der Waals surface area contributed by atoms with E-state index in [1.165, 1.54) is 6.33 Å². The van der Waals surface area contributed by atoms with Gasteiger partial charge in [-0.25, -0.2) is 9.97 Å². The SMILES string of the molecule is CN(C)c1ccc(-c2ncnc(Cl)c2C=O)cc1. The predicted molar refractivity (Wildman–Crippen MR) is 72.2 cm³/mol. The largest absolute Gasteiger partial charge is 0.378 e. The van der Waals surface area contributed by atoms with E-state index in [0.717, 1.165) is 11.3 Å². The lowest BCUT2D eigenvalue weighted by Gasteiger charge is -2.13. The molecule has 0 aliphatic heterocycles. The van der Waals surface area contributed by atoms with Crippen LogP contribution in [0.4, 0.5) is 5.69 Å². The molecular formula is C13H12ClN3O. The molecule has 2 rings (SSSR count). The monoisotopic (exact) mass is 261 g/mol. The highest BCUT2D eigenvalue weighted by molar-refractivity contribution is 6.32. The lowest BCUT2D eigenvalue weighted by Crippen LogP contribution is -2.08. The third kappa shape index (κ3) is 2.33. The molecule has 0 spiro atoms. The van der Waals surface area contributed by atoms with Crippen LogP contribution in [0.15, 0.2) is 30.6 Å². The predicted octanol–water partition coefficient (Wildman–Crippen LogP) is 2.68. The Balaban J connectivity index is 2.49. The summed E-state index contributed by atoms with van der Waals surface area (Å²) >= 11 is 5.87. The molecule has 0 saturated carbocycles. The number of hydrogen-bond acceptors (Lipinski definition) is 4. The summed E-state index contributed by atoms with van der Waals surface area (Å²) in [5.41, 5.74) is 2.78. The zero-order valence-corrected chi connectivity index (χ0v) is 10.8. The maximum atomic E-state index is 11.0. The topological polar surface area (TPSA) is 46.1 Å². The van der Waals surface area contributed by atoms with Gasteiger partial charge in [0.05, 0.1) is 11.3 Å². The molecule has 1 aromatic carbocycles. The fourth-order valence-corrected chi connectivity index (χ4v) is 1.80. The van der Waals surface area contributed by atoms with Crippen LogP contribution < -0.4 is 4.90 Å². The summed E-state index contributed by atoms with van der Waals surface area (Å²) in [6.45, 7) is 0. The van der Waals surface area contributed by atoms with E-state index in [2.05, 4.69) is 9.97 Å². The van der Waals surface area contributed by atoms with Crippen molar-refractivity contribution < 1.29 is 4.79 Å². The Bertz CT molecular complexity index is 567. The van der Waals surface area contributed by atoms with Crippen LogP contribution in [0, 0.1) is 0 Å². The van der Waals surface area contributed by atoms with Gasteiger partial charge in [-0.15, -0.1) is 0 Å². The van der Waals surface area contributed by atoms with Gasteiger partial charge in [0, 0.05) is 25.3 Å². The van der Waals surface area contributed by atoms with E-state index < -0.39 is 0 Å². The van der Waals surface area contributed by atoms with Crippen molar-refractivity contribution in [3.63, 3.8) is 0 Å². The van der Waals surface area contributed by atoms with E-state index in [-0.39, 0.29) is 5.15 Å². The van der Waals surface area contributed by atoms with E-state index >= 15 is 0 Å². The highest BCUT2D eigenvalue weighted by Crippen LogP contribution is 2.25. The molecule has 0 amide bonds. The maximum absolute atomic E-state index is 11.0. The molecule has 1 aromatic heterocycles. The lowest BCUT2D eigenvalue weighted by atomic mass is 10.1. The summed E-state index contributed by atoms with van der Waals surface area (Å²) in [6, 6.07) is 7.72. The van der Waals surface area contributed by atoms with E-state index in [1.807, 2.05) is 43.3 Å². The second-order valence-corrected chi connectivity index (χ2v) is 4.34. The number of aromatic nitrogens is 2. The van der Waals surface area contributed by atoms with Crippen molar-refractivity contribution >= 4 is 23.6 Å². The van der Waals surface area contributed by atoms with Crippen LogP contribution in [-0.2, 0) is 0 Å². The van der Waals surface area contributed by atoms with Crippen molar-refractivity contribution in [1.82, 2.24) is 9.97 Å². The second kappa shape index (κ2) is 5.14. The van der Waals surface area contributed by atoms with Crippen molar-refractivity contribution in [3.05, 3.63) is 41.3 Å². The molecule has 0 fully saturated rings. The number of rotatable bonds is 3. The van der Waals surface area contributed by atoms with E-state index in [9.17, 15) is 4.79 Å². The molecule has 0 N–H and O–H groups in total. The first-order chi connectivity index (χ1) is 8.63. The van der Waals surface area contributed by atoms with Gasteiger partial charge in [0.2, 0.25) is 0 Å². The number of aldehydes is 1. The third-order valence-corrected chi connectivity index (χ3v) is 2.91. The van der Waals surface area contributed by atoms with Gasteiger partial charge < -0.3 is 4.90 Å². The van der Waals surface area contributed by atoms with Crippen LogP contribution in [0.2, 0.25) is 5.15 Å². The second-order valence-electron chi connectivity index (χ2n) is 3.99. The summed E-state index contributed by atoms with van der Waals surface area (Å²) in [5.74, 6) is 0. The number of carbonyl (C=O) groups excluding carboxylic acids is 1. The zero-order valence-electron chi connectivity index (χ0n) is 10.1. The molecule has 18 heavy (non-hydrogen) atoms. The smallest absolute Gasteiger partial charge is 0.155 e. The molecule has 2 aromatic rings. The van der Waals surface area contributed by atoms with Crippen molar-refractivity contribution in [3.8, 4) is 11.3 Å². The van der Waals surface area contributed by atoms with Crippen LogP contribution in [0.3, 0.4) is 0 Å². The van der Waals surface area contributed by atoms with Crippen LogP contribution in [0.1, 0.15) is 10.4 Å². The highest BCUT2D eigenvalue weighted by Gasteiger charge is 2.10. The van der Waals surface area contributed by atoms with Gasteiger partial charge in [0.25, 0.3) is 0 Å². The van der Waals surface area contributed by atoms with Crippen molar-refractivity contribution in [2.45, 2.75) is 0 Å². The van der Waals surface area contributed by atoms with Gasteiger partial charge in [-0.2, -0.15) is 0 Å². The maximum Gasteiger partial charge on any atom is 0.155 e. The quantitative estimate of drug-likeness (QED) is 0.630. The first kappa shape index (κ1) is 12.5. The number of carbonyl (C=O) groups is 1. The Morgan fingerprint density at radius 2 is 1.83 bits per heavy atom. The van der Waals surface area contributed by atoms with Crippen molar-refractivity contribution in [2.75, 3.05) is 19.0 Å². The highest BCUT2D eigenvalue weighted by atomic mass is 35.5. The summed E-state index contributed by atoms with van der Waals surface area (Å²) in [6.07, 6.45) is 2.03. The van der Waals surface area contributed by atoms with E-state index in [4.69, 9.17) is 11.6 Å². The van der Waals surface area contributed by atoms with Gasteiger partial charge in [0.15, 0.2) is 6.29 Å². The van der Waals surface area contributed by atoms with Crippen LogP contribution >= 0.6 is 11.6 Å². The fraction of sp³-hybridized carbons (Fsp3) is 0.154. The molecule has 1 heterocycles. The molecule has 0 aliphatic carbocycles. The first-order valence-electron chi connectivity index (χ1n) is 5.37. The minimum absolute atomic E-state index is 0.173. The number of anilines is 1. The van der Waals surface area contributed by atoms with Gasteiger partial charge in [-0.1, -0.05) is 23.7 Å². The number of halogens is 1. The molecule has 5 heteroatoms. The third-order valence-electron chi connectivity index (χ3n) is 2.61. The molecule has 0 bridgehead atoms. The average molecular weight is 262 g/mol. The summed E-state index contributed by atoms with van der Waals surface area (Å²) < 4.78 is 0. The van der Waals surface area contributed by atoms with Crippen LogP contribution in [0.25, 0.3) is 11.3 Å². The number of benzene rings is 1.